The number of amides is 2. The Bertz CT molecular complexity index is 2450. The molecule has 4 heterocycles. The van der Waals surface area contributed by atoms with Gasteiger partial charge in [-0.3, -0.25) is 9.59 Å². The Kier molecular flexibility index (Phi) is 10.5. The first kappa shape index (κ1) is 37.7. The summed E-state index contributed by atoms with van der Waals surface area (Å²) in [7, 11) is 1.60. The van der Waals surface area contributed by atoms with Crippen molar-refractivity contribution in [1.29, 1.82) is 0 Å². The number of anilines is 1. The van der Waals surface area contributed by atoms with Crippen molar-refractivity contribution in [2.45, 2.75) is 51.7 Å². The summed E-state index contributed by atoms with van der Waals surface area (Å²) in [5.74, 6) is -1.19. The molecule has 56 heavy (non-hydrogen) atoms. The van der Waals surface area contributed by atoms with Crippen LogP contribution in [0.25, 0.3) is 16.7 Å². The summed E-state index contributed by atoms with van der Waals surface area (Å²) in [6.45, 7) is 6.81. The van der Waals surface area contributed by atoms with Crippen LogP contribution in [0.15, 0.2) is 96.1 Å². The van der Waals surface area contributed by atoms with E-state index in [0.717, 1.165) is 22.1 Å². The minimum atomic E-state index is -0.788. The molecular formula is C41H39F2N7O6. The van der Waals surface area contributed by atoms with Gasteiger partial charge < -0.3 is 24.4 Å². The topological polar surface area (TPSA) is 143 Å². The van der Waals surface area contributed by atoms with E-state index in [1.807, 2.05) is 45.0 Å². The molecule has 1 aliphatic rings. The molecule has 0 spiro atoms. The molecule has 1 saturated heterocycles. The number of nitrogens with zero attached hydrogens (tertiary/aromatic N) is 6. The molecule has 288 valence electrons. The van der Waals surface area contributed by atoms with Crippen LogP contribution in [0.4, 0.5) is 19.3 Å². The van der Waals surface area contributed by atoms with Crippen molar-refractivity contribution in [3.63, 3.8) is 0 Å². The van der Waals surface area contributed by atoms with Crippen molar-refractivity contribution in [3.8, 4) is 22.9 Å². The normalized spacial score (nSPS) is 13.4. The second-order valence-corrected chi connectivity index (χ2v) is 14.3. The molecule has 3 aromatic carbocycles. The number of pyridine rings is 1. The van der Waals surface area contributed by atoms with Crippen molar-refractivity contribution < 1.29 is 32.6 Å². The zero-order valence-electron chi connectivity index (χ0n) is 31.2. The monoisotopic (exact) mass is 763 g/mol. The van der Waals surface area contributed by atoms with E-state index in [4.69, 9.17) is 19.3 Å². The van der Waals surface area contributed by atoms with E-state index in [-0.39, 0.29) is 34.7 Å². The van der Waals surface area contributed by atoms with Crippen LogP contribution in [0.3, 0.4) is 0 Å². The lowest BCUT2D eigenvalue weighted by molar-refractivity contribution is 0.0204. The van der Waals surface area contributed by atoms with E-state index in [1.54, 1.807) is 29.0 Å². The van der Waals surface area contributed by atoms with Crippen LogP contribution in [-0.4, -0.2) is 67.2 Å². The molecule has 15 heteroatoms. The smallest absolute Gasteiger partial charge is 0.410 e. The predicted octanol–water partition coefficient (Wildman–Crippen LogP) is 7.47. The molecule has 1 fully saturated rings. The summed E-state index contributed by atoms with van der Waals surface area (Å²) < 4.78 is 49.1. The molecule has 6 aromatic rings. The van der Waals surface area contributed by atoms with Gasteiger partial charge in [-0.1, -0.05) is 12.1 Å². The van der Waals surface area contributed by atoms with E-state index in [0.29, 0.717) is 55.0 Å². The molecule has 0 unspecified atom stereocenters. The number of hydrogen-bond acceptors (Lipinski definition) is 9. The number of rotatable bonds is 9. The van der Waals surface area contributed by atoms with E-state index in [2.05, 4.69) is 15.4 Å². The molecule has 0 atom stereocenters. The zero-order valence-corrected chi connectivity index (χ0v) is 31.2. The van der Waals surface area contributed by atoms with Gasteiger partial charge in [0.2, 0.25) is 0 Å². The standard InChI is InChI=1S/C41H39F2N7O6/c1-41(2,3)56-40(53)48-21-17-26(18-22-48)36-35-34(16-19-44-37(35)49(47-36)24-25-5-12-30(54-4)13-6-25)55-33-14-9-28(23-32(33)43)46-38(51)31-15-20-45-50(39(31)52)29-10-7-27(42)8-11-29/h5-16,19-20,23,26H,17-18,21-22,24H2,1-4H3,(H,46,51). The lowest BCUT2D eigenvalue weighted by Gasteiger charge is -2.33. The fourth-order valence-corrected chi connectivity index (χ4v) is 6.47. The van der Waals surface area contributed by atoms with E-state index in [1.165, 1.54) is 48.7 Å². The molecule has 1 aliphatic heterocycles. The summed E-state index contributed by atoms with van der Waals surface area (Å²) in [5.41, 5.74) is 0.955. The molecule has 2 amide bonds. The molecule has 7 rings (SSSR count). The van der Waals surface area contributed by atoms with Crippen molar-refractivity contribution in [1.82, 2.24) is 29.4 Å². The maximum atomic E-state index is 15.8. The molecule has 0 radical (unpaired) electrons. The SMILES string of the molecule is COc1ccc(Cn2nc(C3CCN(C(=O)OC(C)(C)C)CC3)c3c(Oc4ccc(NC(=O)c5ccnn(-c6ccc(F)cc6)c5=O)cc4F)ccnc32)cc1. The maximum Gasteiger partial charge on any atom is 0.410 e. The molecule has 3 aromatic heterocycles. The Morgan fingerprint density at radius 3 is 2.32 bits per heavy atom. The largest absolute Gasteiger partial charge is 0.497 e. The van der Waals surface area contributed by atoms with Crippen LogP contribution in [0.5, 0.6) is 17.2 Å². The molecule has 13 nitrogen and oxygen atoms in total. The lowest BCUT2D eigenvalue weighted by Crippen LogP contribution is -2.41. The van der Waals surface area contributed by atoms with Crippen LogP contribution in [0, 0.1) is 11.6 Å². The molecular weight excluding hydrogens is 724 g/mol. The van der Waals surface area contributed by atoms with Crippen molar-refractivity contribution in [2.24, 2.45) is 0 Å². The van der Waals surface area contributed by atoms with Gasteiger partial charge in [-0.05, 0) is 99.8 Å². The number of benzene rings is 3. The Hall–Kier alpha value is -6.64. The third kappa shape index (κ3) is 8.21. The summed E-state index contributed by atoms with van der Waals surface area (Å²) in [6.07, 6.45) is 3.69. The predicted molar refractivity (Wildman–Crippen MR) is 204 cm³/mol. The van der Waals surface area contributed by atoms with E-state index in [9.17, 15) is 18.8 Å². The van der Waals surface area contributed by atoms with E-state index < -0.39 is 28.7 Å². The molecule has 1 N–H and O–H groups in total. The van der Waals surface area contributed by atoms with Gasteiger partial charge in [0.1, 0.15) is 28.5 Å². The van der Waals surface area contributed by atoms with Crippen LogP contribution in [-0.2, 0) is 11.3 Å². The first-order chi connectivity index (χ1) is 26.9. The number of likely N-dealkylation sites (tertiary alicyclic amines) is 1. The third-order valence-corrected chi connectivity index (χ3v) is 9.22. The Labute approximate surface area is 320 Å². The van der Waals surface area contributed by atoms with Crippen LogP contribution < -0.4 is 20.3 Å². The first-order valence-corrected chi connectivity index (χ1v) is 18.0. The highest BCUT2D eigenvalue weighted by molar-refractivity contribution is 6.04. The summed E-state index contributed by atoms with van der Waals surface area (Å²) >= 11 is 0. The second-order valence-electron chi connectivity index (χ2n) is 14.3. The average molecular weight is 764 g/mol. The minimum Gasteiger partial charge on any atom is -0.497 e. The quantitative estimate of drug-likeness (QED) is 0.159. The van der Waals surface area contributed by atoms with Gasteiger partial charge in [-0.2, -0.15) is 14.9 Å². The number of hydrogen-bond donors (Lipinski definition) is 1. The highest BCUT2D eigenvalue weighted by Gasteiger charge is 2.31. The van der Waals surface area contributed by atoms with Crippen molar-refractivity contribution in [2.75, 3.05) is 25.5 Å². The van der Waals surface area contributed by atoms with Gasteiger partial charge in [-0.25, -0.2) is 23.2 Å². The number of halogens is 2. The molecule has 0 saturated carbocycles. The van der Waals surface area contributed by atoms with Gasteiger partial charge in [0.05, 0.1) is 30.4 Å². The number of piperidine rings is 1. The fourth-order valence-electron chi connectivity index (χ4n) is 6.47. The Morgan fingerprint density at radius 2 is 1.64 bits per heavy atom. The zero-order chi connectivity index (χ0) is 39.6. The maximum absolute atomic E-state index is 15.8. The lowest BCUT2D eigenvalue weighted by atomic mass is 9.92. The fraction of sp³-hybridized carbons (Fsp3) is 0.268. The van der Waals surface area contributed by atoms with E-state index >= 15 is 4.39 Å². The number of carbonyl (C=O) groups is 2. The number of methoxy groups -OCH3 is 1. The molecule has 0 bridgehead atoms. The number of nitrogens with one attached hydrogen (secondary N) is 1. The van der Waals surface area contributed by atoms with Gasteiger partial charge in [0.25, 0.3) is 11.5 Å². The van der Waals surface area contributed by atoms with Crippen LogP contribution in [0.1, 0.15) is 61.1 Å². The first-order valence-electron chi connectivity index (χ1n) is 18.0. The molecule has 0 aliphatic carbocycles. The minimum absolute atomic E-state index is 0.0666. The Balaban J connectivity index is 1.15. The number of aromatic nitrogens is 5. The summed E-state index contributed by atoms with van der Waals surface area (Å²) in [5, 5.41) is 12.2. The highest BCUT2D eigenvalue weighted by atomic mass is 19.1. The average Bonchev–Trinajstić information content (AvgIpc) is 3.55. The van der Waals surface area contributed by atoms with Crippen molar-refractivity contribution >= 4 is 28.7 Å². The highest BCUT2D eigenvalue weighted by Crippen LogP contribution is 2.39. The van der Waals surface area contributed by atoms with Gasteiger partial charge >= 0.3 is 6.09 Å². The van der Waals surface area contributed by atoms with Crippen LogP contribution in [0.2, 0.25) is 0 Å². The summed E-state index contributed by atoms with van der Waals surface area (Å²) in [4.78, 5) is 45.4. The number of ether oxygens (including phenoxy) is 3. The number of fused-ring (bicyclic) bond motifs is 1. The second kappa shape index (κ2) is 15.6. The van der Waals surface area contributed by atoms with Gasteiger partial charge in [0, 0.05) is 43.2 Å². The summed E-state index contributed by atoms with van der Waals surface area (Å²) in [6, 6.07) is 19.5. The van der Waals surface area contributed by atoms with Gasteiger partial charge in [-0.15, -0.1) is 0 Å². The number of carbonyl (C=O) groups excluding carboxylic acids is 2. The van der Waals surface area contributed by atoms with Crippen molar-refractivity contribution in [3.05, 3.63) is 130 Å². The van der Waals surface area contributed by atoms with Gasteiger partial charge in [0.15, 0.2) is 17.2 Å². The third-order valence-electron chi connectivity index (χ3n) is 9.22. The van der Waals surface area contributed by atoms with Crippen LogP contribution >= 0.6 is 0 Å². The Morgan fingerprint density at radius 1 is 0.911 bits per heavy atom.